The molecule has 0 N–H and O–H groups in total. The van der Waals surface area contributed by atoms with Crippen LogP contribution in [0.5, 0.6) is 5.75 Å². The number of fused-ring (bicyclic) bond motifs is 1. The summed E-state index contributed by atoms with van der Waals surface area (Å²) in [5.41, 5.74) is 4.01. The minimum atomic E-state index is -0.130. The number of hydrogen-bond acceptors (Lipinski definition) is 2. The number of amides is 1. The van der Waals surface area contributed by atoms with Crippen molar-refractivity contribution in [3.8, 4) is 5.75 Å². The highest BCUT2D eigenvalue weighted by Crippen LogP contribution is 2.31. The van der Waals surface area contributed by atoms with E-state index in [2.05, 4.69) is 24.3 Å². The van der Waals surface area contributed by atoms with E-state index in [9.17, 15) is 4.79 Å². The zero-order valence-corrected chi connectivity index (χ0v) is 14.8. The van der Waals surface area contributed by atoms with Crippen LogP contribution in [0.3, 0.4) is 0 Å². The molecule has 0 radical (unpaired) electrons. The van der Waals surface area contributed by atoms with Crippen LogP contribution in [0.15, 0.2) is 78.9 Å². The van der Waals surface area contributed by atoms with Gasteiger partial charge in [-0.1, -0.05) is 60.7 Å². The van der Waals surface area contributed by atoms with Crippen LogP contribution >= 0.6 is 0 Å². The summed E-state index contributed by atoms with van der Waals surface area (Å²) in [6.07, 6.45) is 0.862. The number of carbonyl (C=O) groups is 1. The van der Waals surface area contributed by atoms with Gasteiger partial charge in [0, 0.05) is 19.0 Å². The molecule has 26 heavy (non-hydrogen) atoms. The lowest BCUT2D eigenvalue weighted by molar-refractivity contribution is 0.0755. The van der Waals surface area contributed by atoms with Gasteiger partial charge in [0.15, 0.2) is 0 Å². The van der Waals surface area contributed by atoms with Crippen LogP contribution in [0.4, 0.5) is 0 Å². The quantitative estimate of drug-likeness (QED) is 0.699. The first-order chi connectivity index (χ1) is 12.7. The first-order valence-electron chi connectivity index (χ1n) is 8.87. The van der Waals surface area contributed by atoms with Crippen molar-refractivity contribution in [3.05, 3.63) is 101 Å². The highest BCUT2D eigenvalue weighted by molar-refractivity contribution is 5.95. The molecule has 0 aliphatic carbocycles. The van der Waals surface area contributed by atoms with Gasteiger partial charge in [-0.25, -0.2) is 0 Å². The fourth-order valence-electron chi connectivity index (χ4n) is 3.55. The second-order valence-electron chi connectivity index (χ2n) is 6.56. The number of benzene rings is 3. The van der Waals surface area contributed by atoms with Crippen molar-refractivity contribution in [3.63, 3.8) is 0 Å². The van der Waals surface area contributed by atoms with Gasteiger partial charge in [-0.15, -0.1) is 0 Å². The van der Waals surface area contributed by atoms with Crippen molar-refractivity contribution in [1.82, 2.24) is 4.90 Å². The maximum Gasteiger partial charge on any atom is 0.254 e. The third-order valence-electron chi connectivity index (χ3n) is 4.87. The second-order valence-corrected chi connectivity index (χ2v) is 6.56. The van der Waals surface area contributed by atoms with E-state index in [1.807, 2.05) is 66.5 Å². The molecule has 1 aliphatic heterocycles. The Morgan fingerprint density at radius 2 is 1.54 bits per heavy atom. The molecule has 1 aliphatic rings. The van der Waals surface area contributed by atoms with Crippen molar-refractivity contribution < 1.29 is 9.53 Å². The van der Waals surface area contributed by atoms with Crippen LogP contribution in [0, 0.1) is 0 Å². The molecule has 1 amide bonds. The Kier molecular flexibility index (Phi) is 4.44. The largest absolute Gasteiger partial charge is 0.493 e. The van der Waals surface area contributed by atoms with Gasteiger partial charge in [0.2, 0.25) is 0 Å². The van der Waals surface area contributed by atoms with Gasteiger partial charge in [0.05, 0.1) is 12.6 Å². The highest BCUT2D eigenvalue weighted by Gasteiger charge is 2.25. The van der Waals surface area contributed by atoms with Gasteiger partial charge in [-0.3, -0.25) is 4.79 Å². The number of nitrogens with zero attached hydrogens (tertiary/aromatic N) is 1. The SMILES string of the molecule is CN(C(=O)c1ccc2c(c1)CCO2)C(c1ccccc1)c1ccccc1. The van der Waals surface area contributed by atoms with Gasteiger partial charge in [-0.05, 0) is 34.9 Å². The molecule has 3 aromatic carbocycles. The van der Waals surface area contributed by atoms with E-state index >= 15 is 0 Å². The lowest BCUT2D eigenvalue weighted by Gasteiger charge is -2.29. The first-order valence-corrected chi connectivity index (χ1v) is 8.87. The number of ether oxygens (including phenoxy) is 1. The summed E-state index contributed by atoms with van der Waals surface area (Å²) in [5, 5.41) is 0. The van der Waals surface area contributed by atoms with E-state index in [4.69, 9.17) is 4.74 Å². The molecule has 3 heteroatoms. The molecule has 0 unspecified atom stereocenters. The number of carbonyl (C=O) groups excluding carboxylic acids is 1. The maximum absolute atomic E-state index is 13.2. The molecule has 130 valence electrons. The Morgan fingerprint density at radius 1 is 0.923 bits per heavy atom. The molecular formula is C23H21NO2. The summed E-state index contributed by atoms with van der Waals surface area (Å²) in [6, 6.07) is 25.9. The molecule has 1 heterocycles. The van der Waals surface area contributed by atoms with E-state index in [0.717, 1.165) is 28.9 Å². The van der Waals surface area contributed by atoms with Crippen LogP contribution in [-0.2, 0) is 6.42 Å². The third-order valence-corrected chi connectivity index (χ3v) is 4.87. The van der Waals surface area contributed by atoms with Crippen molar-refractivity contribution >= 4 is 5.91 Å². The first kappa shape index (κ1) is 16.4. The Bertz CT molecular complexity index is 867. The lowest BCUT2D eigenvalue weighted by atomic mass is 9.96. The molecule has 0 saturated carbocycles. The lowest BCUT2D eigenvalue weighted by Crippen LogP contribution is -2.32. The van der Waals surface area contributed by atoms with E-state index in [0.29, 0.717) is 12.2 Å². The zero-order valence-electron chi connectivity index (χ0n) is 14.8. The van der Waals surface area contributed by atoms with Gasteiger partial charge in [0.25, 0.3) is 5.91 Å². The van der Waals surface area contributed by atoms with E-state index < -0.39 is 0 Å². The predicted octanol–water partition coefficient (Wildman–Crippen LogP) is 4.48. The fraction of sp³-hybridized carbons (Fsp3) is 0.174. The fourth-order valence-corrected chi connectivity index (χ4v) is 3.55. The number of rotatable bonds is 4. The van der Waals surface area contributed by atoms with Crippen LogP contribution in [0.1, 0.15) is 33.1 Å². The van der Waals surface area contributed by atoms with Crippen molar-refractivity contribution in [2.75, 3.05) is 13.7 Å². The molecular weight excluding hydrogens is 322 g/mol. The van der Waals surface area contributed by atoms with Crippen LogP contribution in [-0.4, -0.2) is 24.5 Å². The molecule has 0 bridgehead atoms. The topological polar surface area (TPSA) is 29.5 Å². The van der Waals surface area contributed by atoms with E-state index in [1.54, 1.807) is 0 Å². The molecule has 0 spiro atoms. The monoisotopic (exact) mass is 343 g/mol. The third kappa shape index (κ3) is 3.08. The summed E-state index contributed by atoms with van der Waals surface area (Å²) < 4.78 is 5.55. The predicted molar refractivity (Wildman–Crippen MR) is 102 cm³/mol. The average Bonchev–Trinajstić information content (AvgIpc) is 3.17. The molecule has 0 atom stereocenters. The molecule has 4 rings (SSSR count). The molecule has 0 saturated heterocycles. The van der Waals surface area contributed by atoms with Gasteiger partial charge < -0.3 is 9.64 Å². The zero-order chi connectivity index (χ0) is 17.9. The van der Waals surface area contributed by atoms with Crippen molar-refractivity contribution in [2.45, 2.75) is 12.5 Å². The van der Waals surface area contributed by atoms with Crippen LogP contribution < -0.4 is 4.74 Å². The number of hydrogen-bond donors (Lipinski definition) is 0. The van der Waals surface area contributed by atoms with Gasteiger partial charge in [0.1, 0.15) is 5.75 Å². The summed E-state index contributed by atoms with van der Waals surface area (Å²) >= 11 is 0. The standard InChI is InChI=1S/C23H21NO2/c1-24(23(25)20-12-13-21-19(16-20)14-15-26-21)22(17-8-4-2-5-9-17)18-10-6-3-7-11-18/h2-13,16,22H,14-15H2,1H3. The average molecular weight is 343 g/mol. The summed E-state index contributed by atoms with van der Waals surface area (Å²) in [4.78, 5) is 15.0. The highest BCUT2D eigenvalue weighted by atomic mass is 16.5. The van der Waals surface area contributed by atoms with Crippen molar-refractivity contribution in [1.29, 1.82) is 0 Å². The smallest absolute Gasteiger partial charge is 0.254 e. The Morgan fingerprint density at radius 3 is 2.15 bits per heavy atom. The van der Waals surface area contributed by atoms with Gasteiger partial charge in [-0.2, -0.15) is 0 Å². The van der Waals surface area contributed by atoms with E-state index in [1.165, 1.54) is 0 Å². The second kappa shape index (κ2) is 7.04. The Labute approximate surface area is 153 Å². The summed E-state index contributed by atoms with van der Waals surface area (Å²) in [7, 11) is 1.87. The van der Waals surface area contributed by atoms with Crippen LogP contribution in [0.25, 0.3) is 0 Å². The van der Waals surface area contributed by atoms with Gasteiger partial charge >= 0.3 is 0 Å². The summed E-state index contributed by atoms with van der Waals surface area (Å²) in [6.45, 7) is 0.694. The molecule has 3 nitrogen and oxygen atoms in total. The Balaban J connectivity index is 1.70. The minimum Gasteiger partial charge on any atom is -0.493 e. The maximum atomic E-state index is 13.2. The molecule has 0 aromatic heterocycles. The minimum absolute atomic E-state index is 0.0115. The molecule has 0 fully saturated rings. The summed E-state index contributed by atoms with van der Waals surface area (Å²) in [5.74, 6) is 0.907. The molecule has 3 aromatic rings. The van der Waals surface area contributed by atoms with Crippen LogP contribution in [0.2, 0.25) is 0 Å². The van der Waals surface area contributed by atoms with Crippen molar-refractivity contribution in [2.24, 2.45) is 0 Å². The van der Waals surface area contributed by atoms with E-state index in [-0.39, 0.29) is 11.9 Å². The normalized spacial score (nSPS) is 12.5. The Hall–Kier alpha value is -3.07.